The molecule has 0 aromatic rings. The second kappa shape index (κ2) is 5.04. The molecule has 4 rings (SSSR count). The number of fused-ring (bicyclic) bond motifs is 5. The summed E-state index contributed by atoms with van der Waals surface area (Å²) in [5, 5.41) is 20.4. The summed E-state index contributed by atoms with van der Waals surface area (Å²) >= 11 is 0. The van der Waals surface area contributed by atoms with Crippen LogP contribution in [0.25, 0.3) is 0 Å². The second-order valence-corrected chi connectivity index (χ2v) is 8.89. The van der Waals surface area contributed by atoms with Gasteiger partial charge in [-0.2, -0.15) is 0 Å². The lowest BCUT2D eigenvalue weighted by atomic mass is 9.45. The van der Waals surface area contributed by atoms with Crippen molar-refractivity contribution in [2.75, 3.05) is 6.61 Å². The van der Waals surface area contributed by atoms with E-state index in [1.54, 1.807) is 0 Å². The SMILES string of the molecule is C[C@]12CC[C@@H]3[C@@H](CC[C@H]4C[C@H](O)CC[C@@]43CO)[C@@H]1CCC2=O. The number of aliphatic hydroxyl groups excluding tert-OH is 2. The van der Waals surface area contributed by atoms with Crippen LogP contribution in [0.5, 0.6) is 0 Å². The zero-order chi connectivity index (χ0) is 15.5. The number of carbonyl (C=O) groups excluding carboxylic acids is 1. The van der Waals surface area contributed by atoms with Gasteiger partial charge in [0.2, 0.25) is 0 Å². The summed E-state index contributed by atoms with van der Waals surface area (Å²) in [6.07, 6.45) is 8.87. The largest absolute Gasteiger partial charge is 0.396 e. The first kappa shape index (κ1) is 15.1. The standard InChI is InChI=1S/C19H30O3/c1-18-8-7-16-14(15(18)4-5-17(18)22)3-2-12-10-13(21)6-9-19(12,16)11-20/h12-16,20-21H,2-11H2,1H3/t12-,13+,14-,15-,16+,18-,19+/m0/s1. The molecule has 0 spiro atoms. The maximum Gasteiger partial charge on any atom is 0.139 e. The van der Waals surface area contributed by atoms with Crippen molar-refractivity contribution in [1.29, 1.82) is 0 Å². The molecule has 4 aliphatic rings. The van der Waals surface area contributed by atoms with Crippen LogP contribution >= 0.6 is 0 Å². The monoisotopic (exact) mass is 306 g/mol. The first-order chi connectivity index (χ1) is 10.5. The molecule has 0 amide bonds. The number of aliphatic hydroxyl groups is 2. The first-order valence-electron chi connectivity index (χ1n) is 9.33. The van der Waals surface area contributed by atoms with Crippen molar-refractivity contribution in [2.45, 2.75) is 70.8 Å². The van der Waals surface area contributed by atoms with Crippen molar-refractivity contribution in [3.63, 3.8) is 0 Å². The molecule has 2 N–H and O–H groups in total. The topological polar surface area (TPSA) is 57.5 Å². The Morgan fingerprint density at radius 1 is 1.09 bits per heavy atom. The van der Waals surface area contributed by atoms with Gasteiger partial charge in [0.1, 0.15) is 5.78 Å². The fourth-order valence-electron chi connectivity index (χ4n) is 7.11. The van der Waals surface area contributed by atoms with Gasteiger partial charge in [-0.15, -0.1) is 0 Å². The van der Waals surface area contributed by atoms with Gasteiger partial charge in [0.25, 0.3) is 0 Å². The third-order valence-electron chi connectivity index (χ3n) is 8.34. The van der Waals surface area contributed by atoms with Crippen LogP contribution < -0.4 is 0 Å². The van der Waals surface area contributed by atoms with Gasteiger partial charge in [-0.3, -0.25) is 4.79 Å². The zero-order valence-electron chi connectivity index (χ0n) is 13.8. The number of rotatable bonds is 1. The summed E-state index contributed by atoms with van der Waals surface area (Å²) in [4.78, 5) is 12.4. The molecule has 0 heterocycles. The van der Waals surface area contributed by atoms with E-state index in [0.29, 0.717) is 29.5 Å². The minimum absolute atomic E-state index is 0.0368. The molecule has 0 aliphatic heterocycles. The Balaban J connectivity index is 1.66. The fraction of sp³-hybridized carbons (Fsp3) is 0.947. The van der Waals surface area contributed by atoms with E-state index < -0.39 is 0 Å². The van der Waals surface area contributed by atoms with Crippen molar-refractivity contribution in [2.24, 2.45) is 34.5 Å². The molecule has 0 unspecified atom stereocenters. The minimum Gasteiger partial charge on any atom is -0.396 e. The molecule has 0 radical (unpaired) electrons. The van der Waals surface area contributed by atoms with Crippen molar-refractivity contribution in [3.8, 4) is 0 Å². The summed E-state index contributed by atoms with van der Waals surface area (Å²) in [5.74, 6) is 2.74. The van der Waals surface area contributed by atoms with Crippen molar-refractivity contribution in [1.82, 2.24) is 0 Å². The van der Waals surface area contributed by atoms with Gasteiger partial charge < -0.3 is 10.2 Å². The average molecular weight is 306 g/mol. The van der Waals surface area contributed by atoms with Crippen LogP contribution in [0.1, 0.15) is 64.7 Å². The molecule has 3 heteroatoms. The highest BCUT2D eigenvalue weighted by Crippen LogP contribution is 2.65. The molecule has 7 atom stereocenters. The van der Waals surface area contributed by atoms with E-state index in [0.717, 1.165) is 51.4 Å². The van der Waals surface area contributed by atoms with Gasteiger partial charge in [0.05, 0.1) is 6.10 Å². The van der Waals surface area contributed by atoms with E-state index in [1.165, 1.54) is 6.42 Å². The van der Waals surface area contributed by atoms with Crippen LogP contribution in [0.4, 0.5) is 0 Å². The van der Waals surface area contributed by atoms with Crippen LogP contribution in [0.2, 0.25) is 0 Å². The van der Waals surface area contributed by atoms with Gasteiger partial charge in [0, 0.05) is 18.4 Å². The van der Waals surface area contributed by atoms with Gasteiger partial charge in [0.15, 0.2) is 0 Å². The van der Waals surface area contributed by atoms with Crippen LogP contribution in [0, 0.1) is 34.5 Å². The van der Waals surface area contributed by atoms with E-state index in [9.17, 15) is 15.0 Å². The van der Waals surface area contributed by atoms with Gasteiger partial charge in [-0.05, 0) is 80.5 Å². The normalized spacial score (nSPS) is 54.5. The molecule has 0 bridgehead atoms. The maximum absolute atomic E-state index is 12.4. The molecular formula is C19H30O3. The Labute approximate surface area is 133 Å². The molecule has 3 nitrogen and oxygen atoms in total. The number of ketones is 1. The van der Waals surface area contributed by atoms with E-state index >= 15 is 0 Å². The highest BCUT2D eigenvalue weighted by molar-refractivity contribution is 5.87. The predicted octanol–water partition coefficient (Wildman–Crippen LogP) is 2.93. The quantitative estimate of drug-likeness (QED) is 0.783. The van der Waals surface area contributed by atoms with E-state index in [2.05, 4.69) is 6.92 Å². The van der Waals surface area contributed by atoms with Gasteiger partial charge in [-0.25, -0.2) is 0 Å². The summed E-state index contributed by atoms with van der Waals surface area (Å²) in [7, 11) is 0. The molecular weight excluding hydrogens is 276 g/mol. The van der Waals surface area contributed by atoms with Crippen molar-refractivity contribution in [3.05, 3.63) is 0 Å². The Kier molecular flexibility index (Phi) is 3.47. The minimum atomic E-state index is -0.164. The number of Topliss-reactive ketones (excluding diaryl/α,β-unsaturated/α-hetero) is 1. The Bertz CT molecular complexity index is 475. The summed E-state index contributed by atoms with van der Waals surface area (Å²) in [6.45, 7) is 2.49. The second-order valence-electron chi connectivity index (χ2n) is 8.89. The zero-order valence-corrected chi connectivity index (χ0v) is 13.8. The third-order valence-corrected chi connectivity index (χ3v) is 8.34. The van der Waals surface area contributed by atoms with E-state index in [4.69, 9.17) is 0 Å². The van der Waals surface area contributed by atoms with E-state index in [-0.39, 0.29) is 23.5 Å². The lowest BCUT2D eigenvalue weighted by molar-refractivity contribution is -0.156. The number of hydrogen-bond donors (Lipinski definition) is 2. The Morgan fingerprint density at radius 2 is 1.91 bits per heavy atom. The lowest BCUT2D eigenvalue weighted by Crippen LogP contribution is -2.56. The predicted molar refractivity (Wildman–Crippen MR) is 84.2 cm³/mol. The number of hydrogen-bond acceptors (Lipinski definition) is 3. The maximum atomic E-state index is 12.4. The van der Waals surface area contributed by atoms with Gasteiger partial charge in [-0.1, -0.05) is 6.92 Å². The van der Waals surface area contributed by atoms with Crippen molar-refractivity contribution >= 4 is 5.78 Å². The first-order valence-corrected chi connectivity index (χ1v) is 9.33. The molecule has 0 aromatic heterocycles. The fourth-order valence-corrected chi connectivity index (χ4v) is 7.11. The Morgan fingerprint density at radius 3 is 2.68 bits per heavy atom. The molecule has 4 aliphatic carbocycles. The summed E-state index contributed by atoms with van der Waals surface area (Å²) in [6, 6.07) is 0. The van der Waals surface area contributed by atoms with E-state index in [1.807, 2.05) is 0 Å². The highest BCUT2D eigenvalue weighted by Gasteiger charge is 2.61. The lowest BCUT2D eigenvalue weighted by Gasteiger charge is -2.60. The molecule has 0 saturated heterocycles. The van der Waals surface area contributed by atoms with Crippen LogP contribution in [0.3, 0.4) is 0 Å². The van der Waals surface area contributed by atoms with Gasteiger partial charge >= 0.3 is 0 Å². The molecule has 124 valence electrons. The highest BCUT2D eigenvalue weighted by atomic mass is 16.3. The summed E-state index contributed by atoms with van der Waals surface area (Å²) < 4.78 is 0. The molecule has 4 saturated carbocycles. The molecule has 4 fully saturated rings. The van der Waals surface area contributed by atoms with Crippen LogP contribution in [-0.2, 0) is 4.79 Å². The average Bonchev–Trinajstić information content (AvgIpc) is 2.82. The third kappa shape index (κ3) is 1.84. The van der Waals surface area contributed by atoms with Crippen LogP contribution in [0.15, 0.2) is 0 Å². The number of carbonyl (C=O) groups is 1. The smallest absolute Gasteiger partial charge is 0.139 e. The summed E-state index contributed by atoms with van der Waals surface area (Å²) in [5.41, 5.74) is -0.0338. The molecule has 0 aromatic carbocycles. The molecule has 22 heavy (non-hydrogen) atoms. The Hall–Kier alpha value is -0.410. The van der Waals surface area contributed by atoms with Crippen molar-refractivity contribution < 1.29 is 15.0 Å². The van der Waals surface area contributed by atoms with Crippen LogP contribution in [-0.4, -0.2) is 28.7 Å².